The van der Waals surface area contributed by atoms with E-state index in [2.05, 4.69) is 19.9 Å². The first-order chi connectivity index (χ1) is 13.3. The quantitative estimate of drug-likeness (QED) is 0.771. The molecule has 1 aromatic carbocycles. The van der Waals surface area contributed by atoms with Crippen molar-refractivity contribution in [3.05, 3.63) is 47.0 Å². The van der Waals surface area contributed by atoms with E-state index in [0.717, 1.165) is 68.8 Å². The van der Waals surface area contributed by atoms with Gasteiger partial charge in [0, 0.05) is 44.3 Å². The number of anilines is 1. The van der Waals surface area contributed by atoms with Gasteiger partial charge in [-0.15, -0.1) is 0 Å². The number of hydrogen-bond donors (Lipinski definition) is 1. The Kier molecular flexibility index (Phi) is 4.24. The highest BCUT2D eigenvalue weighted by Crippen LogP contribution is 2.29. The van der Waals surface area contributed by atoms with Gasteiger partial charge in [0.25, 0.3) is 0 Å². The molecule has 0 saturated carbocycles. The number of para-hydroxylation sites is 2. The Morgan fingerprint density at radius 2 is 1.70 bits per heavy atom. The highest BCUT2D eigenvalue weighted by Gasteiger charge is 2.30. The van der Waals surface area contributed by atoms with Crippen molar-refractivity contribution in [2.24, 2.45) is 0 Å². The van der Waals surface area contributed by atoms with E-state index in [1.54, 1.807) is 6.20 Å². The molecule has 0 unspecified atom stereocenters. The summed E-state index contributed by atoms with van der Waals surface area (Å²) in [6.07, 6.45) is 6.07. The number of aromatic amines is 1. The summed E-state index contributed by atoms with van der Waals surface area (Å²) in [5.74, 6) is 0.880. The van der Waals surface area contributed by atoms with Crippen LogP contribution in [0, 0.1) is 0 Å². The van der Waals surface area contributed by atoms with Crippen molar-refractivity contribution >= 4 is 16.9 Å². The second-order valence-electron chi connectivity index (χ2n) is 7.65. The van der Waals surface area contributed by atoms with Crippen LogP contribution in [0.15, 0.2) is 45.8 Å². The van der Waals surface area contributed by atoms with Crippen LogP contribution in [-0.2, 0) is 0 Å². The number of nitrogens with one attached hydrogen (secondary N) is 1. The van der Waals surface area contributed by atoms with Gasteiger partial charge in [-0.1, -0.05) is 17.3 Å². The second-order valence-corrected chi connectivity index (χ2v) is 7.65. The van der Waals surface area contributed by atoms with Crippen molar-refractivity contribution in [2.45, 2.75) is 37.8 Å². The number of benzene rings is 1. The lowest BCUT2D eigenvalue weighted by Gasteiger charge is -2.41. The Hall–Kier alpha value is -2.54. The van der Waals surface area contributed by atoms with E-state index in [0.29, 0.717) is 12.1 Å². The van der Waals surface area contributed by atoms with Gasteiger partial charge in [0.05, 0.1) is 17.2 Å². The van der Waals surface area contributed by atoms with Crippen molar-refractivity contribution in [1.82, 2.24) is 19.6 Å². The highest BCUT2D eigenvalue weighted by molar-refractivity contribution is 5.75. The van der Waals surface area contributed by atoms with Gasteiger partial charge < -0.3 is 19.3 Å². The summed E-state index contributed by atoms with van der Waals surface area (Å²) in [6.45, 7) is 4.15. The van der Waals surface area contributed by atoms with E-state index >= 15 is 0 Å². The van der Waals surface area contributed by atoms with Crippen LogP contribution in [0.1, 0.15) is 31.7 Å². The van der Waals surface area contributed by atoms with Gasteiger partial charge in [-0.05, 0) is 37.8 Å². The molecular weight excluding hydrogens is 342 g/mol. The van der Waals surface area contributed by atoms with Crippen molar-refractivity contribution in [3.63, 3.8) is 0 Å². The van der Waals surface area contributed by atoms with E-state index in [4.69, 9.17) is 4.52 Å². The first-order valence-corrected chi connectivity index (χ1v) is 9.88. The first kappa shape index (κ1) is 16.6. The highest BCUT2D eigenvalue weighted by atomic mass is 16.5. The number of aromatic nitrogens is 3. The number of hydrogen-bond acceptors (Lipinski definition) is 5. The van der Waals surface area contributed by atoms with E-state index in [9.17, 15) is 4.79 Å². The Morgan fingerprint density at radius 1 is 0.963 bits per heavy atom. The van der Waals surface area contributed by atoms with Crippen LogP contribution in [0.4, 0.5) is 5.88 Å². The summed E-state index contributed by atoms with van der Waals surface area (Å²) in [4.78, 5) is 20.3. The fourth-order valence-electron chi connectivity index (χ4n) is 4.77. The maximum Gasteiger partial charge on any atom is 0.326 e. The second kappa shape index (κ2) is 6.88. The third-order valence-electron chi connectivity index (χ3n) is 6.20. The third-order valence-corrected chi connectivity index (χ3v) is 6.20. The lowest BCUT2D eigenvalue weighted by atomic mass is 9.97. The fourth-order valence-corrected chi connectivity index (χ4v) is 4.77. The van der Waals surface area contributed by atoms with Crippen LogP contribution >= 0.6 is 0 Å². The molecule has 27 heavy (non-hydrogen) atoms. The standard InChI is InChI=1S/C20H25N5O2/c26-20-22-17-3-1-2-4-18(17)25(20)16-8-11-23(12-9-16)15-6-13-24(14-7-15)19-5-10-21-27-19/h1-5,10,15-16H,6-9,11-14H2,(H,22,26). The fraction of sp³-hybridized carbons (Fsp3) is 0.500. The molecule has 7 heteroatoms. The molecule has 2 aromatic heterocycles. The molecule has 7 nitrogen and oxygen atoms in total. The topological polar surface area (TPSA) is 70.3 Å². The molecule has 0 spiro atoms. The van der Waals surface area contributed by atoms with E-state index in [-0.39, 0.29) is 5.69 Å². The Labute approximate surface area is 157 Å². The summed E-state index contributed by atoms with van der Waals surface area (Å²) in [5.41, 5.74) is 1.99. The maximum atomic E-state index is 12.4. The Balaban J connectivity index is 1.22. The average molecular weight is 367 g/mol. The maximum absolute atomic E-state index is 12.4. The molecule has 4 heterocycles. The largest absolute Gasteiger partial charge is 0.341 e. The molecule has 2 aliphatic rings. The summed E-state index contributed by atoms with van der Waals surface area (Å²) in [7, 11) is 0. The molecule has 3 aromatic rings. The molecule has 0 bridgehead atoms. The minimum absolute atomic E-state index is 0.0232. The molecule has 2 saturated heterocycles. The molecule has 5 rings (SSSR count). The predicted octanol–water partition coefficient (Wildman–Crippen LogP) is 2.62. The zero-order chi connectivity index (χ0) is 18.2. The minimum Gasteiger partial charge on any atom is -0.341 e. The van der Waals surface area contributed by atoms with Crippen LogP contribution in [-0.4, -0.2) is 51.8 Å². The van der Waals surface area contributed by atoms with Crippen LogP contribution in [0.3, 0.4) is 0 Å². The molecule has 0 amide bonds. The van der Waals surface area contributed by atoms with Gasteiger partial charge in [-0.3, -0.25) is 4.57 Å². The number of likely N-dealkylation sites (tertiary alicyclic amines) is 1. The molecule has 2 aliphatic heterocycles. The van der Waals surface area contributed by atoms with Crippen LogP contribution in [0.2, 0.25) is 0 Å². The van der Waals surface area contributed by atoms with Gasteiger partial charge in [-0.2, -0.15) is 0 Å². The lowest BCUT2D eigenvalue weighted by Crippen LogP contribution is -2.48. The monoisotopic (exact) mass is 367 g/mol. The van der Waals surface area contributed by atoms with Crippen molar-refractivity contribution < 1.29 is 4.52 Å². The molecule has 0 atom stereocenters. The van der Waals surface area contributed by atoms with E-state index in [1.807, 2.05) is 34.9 Å². The normalized spacial score (nSPS) is 20.5. The molecule has 142 valence electrons. The molecule has 0 radical (unpaired) electrons. The zero-order valence-electron chi connectivity index (χ0n) is 15.4. The smallest absolute Gasteiger partial charge is 0.326 e. The Bertz CT molecular complexity index is 944. The molecular formula is C20H25N5O2. The number of imidazole rings is 1. The zero-order valence-corrected chi connectivity index (χ0v) is 15.4. The Morgan fingerprint density at radius 3 is 2.44 bits per heavy atom. The summed E-state index contributed by atoms with van der Waals surface area (Å²) in [6, 6.07) is 10.8. The van der Waals surface area contributed by atoms with Crippen LogP contribution in [0.5, 0.6) is 0 Å². The predicted molar refractivity (Wildman–Crippen MR) is 104 cm³/mol. The first-order valence-electron chi connectivity index (χ1n) is 9.88. The van der Waals surface area contributed by atoms with Crippen LogP contribution < -0.4 is 10.6 Å². The van der Waals surface area contributed by atoms with E-state index < -0.39 is 0 Å². The van der Waals surface area contributed by atoms with Gasteiger partial charge >= 0.3 is 5.69 Å². The molecule has 2 fully saturated rings. The van der Waals surface area contributed by atoms with Gasteiger partial charge in [0.2, 0.25) is 5.88 Å². The summed E-state index contributed by atoms with van der Waals surface area (Å²) >= 11 is 0. The van der Waals surface area contributed by atoms with Gasteiger partial charge in [-0.25, -0.2) is 4.79 Å². The van der Waals surface area contributed by atoms with Gasteiger partial charge in [0.1, 0.15) is 0 Å². The van der Waals surface area contributed by atoms with Crippen LogP contribution in [0.25, 0.3) is 11.0 Å². The molecule has 1 N–H and O–H groups in total. The number of rotatable bonds is 3. The minimum atomic E-state index is 0.0232. The summed E-state index contributed by atoms with van der Waals surface area (Å²) in [5, 5.41) is 3.81. The van der Waals surface area contributed by atoms with Crippen molar-refractivity contribution in [1.29, 1.82) is 0 Å². The average Bonchev–Trinajstić information content (AvgIpc) is 3.36. The number of fused-ring (bicyclic) bond motifs is 1. The van der Waals surface area contributed by atoms with E-state index in [1.165, 1.54) is 0 Å². The number of piperidine rings is 2. The molecule has 0 aliphatic carbocycles. The third kappa shape index (κ3) is 3.06. The lowest BCUT2D eigenvalue weighted by molar-refractivity contribution is 0.117. The van der Waals surface area contributed by atoms with Crippen molar-refractivity contribution in [3.8, 4) is 0 Å². The summed E-state index contributed by atoms with van der Waals surface area (Å²) < 4.78 is 7.25. The number of nitrogens with zero attached hydrogens (tertiary/aromatic N) is 4. The van der Waals surface area contributed by atoms with Crippen molar-refractivity contribution in [2.75, 3.05) is 31.1 Å². The number of H-pyrrole nitrogens is 1. The SMILES string of the molecule is O=c1[nH]c2ccccc2n1C1CCN(C2CCN(c3ccno3)CC2)CC1. The van der Waals surface area contributed by atoms with Gasteiger partial charge in [0.15, 0.2) is 0 Å².